The molecule has 1 aromatic carbocycles. The maximum atomic E-state index is 13.7. The van der Waals surface area contributed by atoms with Crippen molar-refractivity contribution < 1.29 is 14.3 Å². The molecule has 6 rings (SSSR count). The lowest BCUT2D eigenvalue weighted by atomic mass is 9.85. The standard InChI is InChI=1S/C34H46N8O3/c1-21-25-12-11-22-18-27(41(30(22)37-25)15-10-8-7-9-14-34(2,3)33(44)36-21)31-38-26-17-23(19-28(45-6)29(26)40(31)5)32(43)42-20-24(35)13-16-39(42)4/h11-12,17-19,21,24H,7-10,13-16,20,35H2,1-6H3,(H,36,44)/t21-,24-/m1/s1. The summed E-state index contributed by atoms with van der Waals surface area (Å²) in [5.41, 5.74) is 10.5. The largest absolute Gasteiger partial charge is 0.494 e. The van der Waals surface area contributed by atoms with Gasteiger partial charge < -0.3 is 24.9 Å². The van der Waals surface area contributed by atoms with E-state index in [0.717, 1.165) is 85.4 Å². The van der Waals surface area contributed by atoms with Gasteiger partial charge in [0.2, 0.25) is 5.91 Å². The molecule has 3 N–H and O–H groups in total. The molecule has 2 aliphatic rings. The zero-order valence-electron chi connectivity index (χ0n) is 27.4. The summed E-state index contributed by atoms with van der Waals surface area (Å²) in [6.45, 7) is 8.05. The van der Waals surface area contributed by atoms with Crippen molar-refractivity contribution in [3.63, 3.8) is 0 Å². The number of rotatable bonds is 3. The Balaban J connectivity index is 1.44. The number of nitrogens with two attached hydrogens (primary N) is 1. The molecule has 240 valence electrons. The second-order valence-corrected chi connectivity index (χ2v) is 13.4. The van der Waals surface area contributed by atoms with Gasteiger partial charge in [0.1, 0.15) is 16.9 Å². The summed E-state index contributed by atoms with van der Waals surface area (Å²) in [7, 11) is 5.52. The SMILES string of the molecule is COc1cc(C(=O)N2C[C@H](N)CCN2C)cc2nc(-c3cc4ccc5nc4n3CCCCCCC(C)(C)C(=O)N[C@@H]5C)n(C)c12. The topological polar surface area (TPSA) is 124 Å². The average Bonchev–Trinajstić information content (AvgIpc) is 3.55. The van der Waals surface area contributed by atoms with Gasteiger partial charge in [0.05, 0.1) is 36.6 Å². The highest BCUT2D eigenvalue weighted by Crippen LogP contribution is 2.35. The Morgan fingerprint density at radius 2 is 1.84 bits per heavy atom. The van der Waals surface area contributed by atoms with E-state index in [2.05, 4.69) is 22.0 Å². The van der Waals surface area contributed by atoms with Gasteiger partial charge in [-0.05, 0) is 56.5 Å². The quantitative estimate of drug-likeness (QED) is 0.340. The molecule has 5 heterocycles. The number of hydrogen-bond donors (Lipinski definition) is 2. The Kier molecular flexibility index (Phi) is 8.34. The third-order valence-corrected chi connectivity index (χ3v) is 9.61. The molecule has 2 atom stereocenters. The van der Waals surface area contributed by atoms with Crippen LogP contribution < -0.4 is 15.8 Å². The normalized spacial score (nSPS) is 21.7. The van der Waals surface area contributed by atoms with Crippen LogP contribution in [0.4, 0.5) is 0 Å². The smallest absolute Gasteiger partial charge is 0.268 e. The number of fused-ring (bicyclic) bond motifs is 2. The van der Waals surface area contributed by atoms with Crippen LogP contribution in [-0.2, 0) is 18.4 Å². The molecule has 45 heavy (non-hydrogen) atoms. The van der Waals surface area contributed by atoms with Crippen LogP contribution >= 0.6 is 0 Å². The number of imidazole rings is 1. The van der Waals surface area contributed by atoms with Gasteiger partial charge in [-0.15, -0.1) is 0 Å². The number of carbonyl (C=O) groups excluding carboxylic acids is 2. The Hall–Kier alpha value is -3.96. The van der Waals surface area contributed by atoms with E-state index in [1.807, 2.05) is 56.6 Å². The molecular formula is C34H46N8O3. The first-order valence-corrected chi connectivity index (χ1v) is 16.1. The lowest BCUT2D eigenvalue weighted by Crippen LogP contribution is -2.55. The van der Waals surface area contributed by atoms with E-state index in [1.165, 1.54) is 0 Å². The van der Waals surface area contributed by atoms with Crippen molar-refractivity contribution in [2.24, 2.45) is 18.2 Å². The third-order valence-electron chi connectivity index (χ3n) is 9.61. The van der Waals surface area contributed by atoms with Gasteiger partial charge in [-0.25, -0.2) is 15.0 Å². The zero-order valence-corrected chi connectivity index (χ0v) is 27.4. The zero-order chi connectivity index (χ0) is 32.0. The van der Waals surface area contributed by atoms with Gasteiger partial charge in [-0.2, -0.15) is 0 Å². The van der Waals surface area contributed by atoms with Crippen molar-refractivity contribution in [2.45, 2.75) is 77.9 Å². The average molecular weight is 615 g/mol. The highest BCUT2D eigenvalue weighted by molar-refractivity contribution is 6.00. The van der Waals surface area contributed by atoms with E-state index in [0.29, 0.717) is 23.4 Å². The number of pyridine rings is 1. The predicted octanol–water partition coefficient (Wildman–Crippen LogP) is 4.79. The summed E-state index contributed by atoms with van der Waals surface area (Å²) in [6, 6.07) is 9.60. The summed E-state index contributed by atoms with van der Waals surface area (Å²) >= 11 is 0. The highest BCUT2D eigenvalue weighted by atomic mass is 16.5. The molecular weight excluding hydrogens is 568 g/mol. The molecule has 3 aromatic heterocycles. The van der Waals surface area contributed by atoms with Gasteiger partial charge in [0.15, 0.2) is 5.82 Å². The maximum Gasteiger partial charge on any atom is 0.268 e. The minimum Gasteiger partial charge on any atom is -0.494 e. The van der Waals surface area contributed by atoms with Crippen molar-refractivity contribution in [2.75, 3.05) is 27.2 Å². The van der Waals surface area contributed by atoms with E-state index in [1.54, 1.807) is 18.2 Å². The number of amides is 2. The van der Waals surface area contributed by atoms with E-state index in [-0.39, 0.29) is 23.9 Å². The minimum absolute atomic E-state index is 0.0535. The molecule has 11 heteroatoms. The van der Waals surface area contributed by atoms with E-state index in [9.17, 15) is 9.59 Å². The second kappa shape index (κ2) is 12.1. The monoisotopic (exact) mass is 614 g/mol. The number of aryl methyl sites for hydroxylation is 2. The van der Waals surface area contributed by atoms with E-state index < -0.39 is 5.41 Å². The number of ether oxygens (including phenoxy) is 1. The molecule has 0 aliphatic carbocycles. The van der Waals surface area contributed by atoms with Crippen LogP contribution in [0, 0.1) is 5.41 Å². The summed E-state index contributed by atoms with van der Waals surface area (Å²) in [6.07, 6.45) is 5.83. The molecule has 4 aromatic rings. The molecule has 2 aliphatic heterocycles. The number of hydrogen-bond acceptors (Lipinski definition) is 7. The maximum absolute atomic E-state index is 13.7. The molecule has 0 saturated carbocycles. The number of carbonyl (C=O) groups is 2. The van der Waals surface area contributed by atoms with Crippen molar-refractivity contribution in [1.82, 2.24) is 34.4 Å². The number of benzene rings is 1. The third kappa shape index (κ3) is 5.79. The molecule has 1 saturated heterocycles. The lowest BCUT2D eigenvalue weighted by Gasteiger charge is -2.38. The Morgan fingerprint density at radius 1 is 1.07 bits per heavy atom. The van der Waals surface area contributed by atoms with Gasteiger partial charge in [0.25, 0.3) is 5.91 Å². The summed E-state index contributed by atoms with van der Waals surface area (Å²) in [5.74, 6) is 1.30. The molecule has 2 amide bonds. The molecule has 0 spiro atoms. The highest BCUT2D eigenvalue weighted by Gasteiger charge is 2.30. The van der Waals surface area contributed by atoms with Gasteiger partial charge in [-0.3, -0.25) is 14.6 Å². The number of nitrogens with one attached hydrogen (secondary N) is 1. The fraction of sp³-hybridized carbons (Fsp3) is 0.529. The van der Waals surface area contributed by atoms with Crippen LogP contribution in [0.25, 0.3) is 33.6 Å². The van der Waals surface area contributed by atoms with Crippen molar-refractivity contribution in [3.05, 3.63) is 41.6 Å². The predicted molar refractivity (Wildman–Crippen MR) is 176 cm³/mol. The van der Waals surface area contributed by atoms with Crippen molar-refractivity contribution in [1.29, 1.82) is 0 Å². The van der Waals surface area contributed by atoms with Gasteiger partial charge in [-0.1, -0.05) is 33.1 Å². The fourth-order valence-corrected chi connectivity index (χ4v) is 6.70. The Bertz CT molecular complexity index is 1760. The van der Waals surface area contributed by atoms with Crippen LogP contribution in [-0.4, -0.2) is 74.2 Å². The van der Waals surface area contributed by atoms with Crippen molar-refractivity contribution in [3.8, 4) is 17.3 Å². The summed E-state index contributed by atoms with van der Waals surface area (Å²) in [5, 5.41) is 7.86. The molecule has 2 bridgehead atoms. The van der Waals surface area contributed by atoms with E-state index >= 15 is 0 Å². The fourth-order valence-electron chi connectivity index (χ4n) is 6.70. The second-order valence-electron chi connectivity index (χ2n) is 13.4. The number of aromatic nitrogens is 4. The lowest BCUT2D eigenvalue weighted by molar-refractivity contribution is -0.130. The van der Waals surface area contributed by atoms with Crippen molar-refractivity contribution >= 4 is 33.9 Å². The number of methoxy groups -OCH3 is 1. The van der Waals surface area contributed by atoms with Gasteiger partial charge in [0, 0.05) is 49.6 Å². The van der Waals surface area contributed by atoms with Crippen LogP contribution in [0.1, 0.15) is 81.4 Å². The number of nitrogens with zero attached hydrogens (tertiary/aromatic N) is 6. The molecule has 11 nitrogen and oxygen atoms in total. The van der Waals surface area contributed by atoms with Gasteiger partial charge >= 0.3 is 0 Å². The molecule has 0 radical (unpaired) electrons. The number of hydrazine groups is 1. The Labute approximate surface area is 264 Å². The van der Waals surface area contributed by atoms with Crippen LogP contribution in [0.5, 0.6) is 5.75 Å². The first-order valence-electron chi connectivity index (χ1n) is 16.1. The minimum atomic E-state index is -0.419. The first-order chi connectivity index (χ1) is 21.5. The van der Waals surface area contributed by atoms with Crippen LogP contribution in [0.2, 0.25) is 0 Å². The summed E-state index contributed by atoms with van der Waals surface area (Å²) < 4.78 is 10.1. The van der Waals surface area contributed by atoms with E-state index in [4.69, 9.17) is 20.4 Å². The molecule has 1 fully saturated rings. The van der Waals surface area contributed by atoms with Crippen LogP contribution in [0.15, 0.2) is 30.3 Å². The van der Waals surface area contributed by atoms with Crippen LogP contribution in [0.3, 0.4) is 0 Å². The first kappa shape index (κ1) is 31.0. The molecule has 0 unspecified atom stereocenters. The Morgan fingerprint density at radius 3 is 2.62 bits per heavy atom. The summed E-state index contributed by atoms with van der Waals surface area (Å²) in [4.78, 5) is 37.0.